The first-order valence-corrected chi connectivity index (χ1v) is 8.67. The second-order valence-corrected chi connectivity index (χ2v) is 6.21. The zero-order valence-electron chi connectivity index (χ0n) is 15.3. The zero-order valence-corrected chi connectivity index (χ0v) is 15.3. The number of hydrogen-bond acceptors (Lipinski definition) is 0. The Morgan fingerprint density at radius 3 is 1.91 bits per heavy atom. The van der Waals surface area contributed by atoms with Crippen molar-refractivity contribution < 1.29 is 0 Å². The average molecular weight is 304 g/mol. The van der Waals surface area contributed by atoms with Crippen molar-refractivity contribution in [3.63, 3.8) is 0 Å². The van der Waals surface area contributed by atoms with Crippen molar-refractivity contribution in [1.82, 2.24) is 0 Å². The summed E-state index contributed by atoms with van der Waals surface area (Å²) in [5.41, 5.74) is 9.64. The number of aryl methyl sites for hydroxylation is 1. The lowest BCUT2D eigenvalue weighted by atomic mass is 9.95. The summed E-state index contributed by atoms with van der Waals surface area (Å²) in [7, 11) is 0. The van der Waals surface area contributed by atoms with Crippen LogP contribution < -0.4 is 0 Å². The molecule has 120 valence electrons. The fourth-order valence-corrected chi connectivity index (χ4v) is 3.26. The quantitative estimate of drug-likeness (QED) is 0.560. The summed E-state index contributed by atoms with van der Waals surface area (Å²) < 4.78 is 0. The molecule has 2 aromatic rings. The fraction of sp³-hybridized carbons (Fsp3) is 0.304. The van der Waals surface area contributed by atoms with Gasteiger partial charge in [0.25, 0.3) is 0 Å². The molecule has 0 saturated carbocycles. The smallest absolute Gasteiger partial charge is 0.0105 e. The molecule has 0 radical (unpaired) electrons. The molecule has 0 unspecified atom stereocenters. The van der Waals surface area contributed by atoms with Gasteiger partial charge < -0.3 is 0 Å². The van der Waals surface area contributed by atoms with E-state index in [4.69, 9.17) is 0 Å². The monoisotopic (exact) mass is 304 g/mol. The van der Waals surface area contributed by atoms with Crippen LogP contribution in [0, 0.1) is 12.8 Å². The van der Waals surface area contributed by atoms with Crippen molar-refractivity contribution in [2.45, 2.75) is 41.5 Å². The summed E-state index contributed by atoms with van der Waals surface area (Å²) in [5.74, 6) is 0.551. The first-order valence-electron chi connectivity index (χ1n) is 8.67. The van der Waals surface area contributed by atoms with E-state index >= 15 is 0 Å². The molecule has 3 rings (SSSR count). The highest BCUT2D eigenvalue weighted by Crippen LogP contribution is 2.44. The van der Waals surface area contributed by atoms with Gasteiger partial charge in [0.2, 0.25) is 0 Å². The number of allylic oxidation sites excluding steroid dienone is 3. The Morgan fingerprint density at radius 2 is 1.35 bits per heavy atom. The highest BCUT2D eigenvalue weighted by atomic mass is 14.3. The van der Waals surface area contributed by atoms with Gasteiger partial charge in [0.15, 0.2) is 0 Å². The van der Waals surface area contributed by atoms with Gasteiger partial charge in [0.1, 0.15) is 0 Å². The van der Waals surface area contributed by atoms with Crippen LogP contribution in [-0.4, -0.2) is 0 Å². The van der Waals surface area contributed by atoms with E-state index in [1.54, 1.807) is 0 Å². The molecule has 0 heterocycles. The Hall–Kier alpha value is -2.08. The maximum Gasteiger partial charge on any atom is -0.0105 e. The Morgan fingerprint density at radius 1 is 0.783 bits per heavy atom. The van der Waals surface area contributed by atoms with Crippen molar-refractivity contribution in [2.75, 3.05) is 0 Å². The van der Waals surface area contributed by atoms with E-state index in [1.165, 1.54) is 39.0 Å². The molecule has 0 nitrogen and oxygen atoms in total. The molecule has 0 aliphatic heterocycles. The lowest BCUT2D eigenvalue weighted by Gasteiger charge is -2.09. The molecule has 0 fully saturated rings. The summed E-state index contributed by atoms with van der Waals surface area (Å²) in [6, 6.07) is 17.5. The van der Waals surface area contributed by atoms with Gasteiger partial charge in [-0.25, -0.2) is 0 Å². The molecule has 2 aromatic carbocycles. The van der Waals surface area contributed by atoms with Gasteiger partial charge in [-0.1, -0.05) is 81.8 Å². The third-order valence-electron chi connectivity index (χ3n) is 4.28. The maximum absolute atomic E-state index is 2.32. The van der Waals surface area contributed by atoms with Crippen LogP contribution in [-0.2, 0) is 0 Å². The van der Waals surface area contributed by atoms with Gasteiger partial charge in [-0.3, -0.25) is 0 Å². The van der Waals surface area contributed by atoms with Crippen molar-refractivity contribution in [1.29, 1.82) is 0 Å². The summed E-state index contributed by atoms with van der Waals surface area (Å²) in [6.07, 6.45) is 2.32. The van der Waals surface area contributed by atoms with Crippen LogP contribution in [0.4, 0.5) is 0 Å². The fourth-order valence-electron chi connectivity index (χ4n) is 3.26. The SMILES string of the molecule is CC.CC1=C(C(C)C)c2ccccc2C1=Cc1ccc(C)cc1. The number of benzene rings is 2. The Balaban J connectivity index is 0.000000924. The maximum atomic E-state index is 2.32. The van der Waals surface area contributed by atoms with Crippen molar-refractivity contribution in [3.8, 4) is 0 Å². The van der Waals surface area contributed by atoms with E-state index in [0.717, 1.165) is 0 Å². The van der Waals surface area contributed by atoms with Gasteiger partial charge in [-0.05, 0) is 59.3 Å². The van der Waals surface area contributed by atoms with Gasteiger partial charge in [-0.15, -0.1) is 0 Å². The van der Waals surface area contributed by atoms with E-state index < -0.39 is 0 Å². The molecule has 0 bridgehead atoms. The van der Waals surface area contributed by atoms with E-state index in [9.17, 15) is 0 Å². The van der Waals surface area contributed by atoms with Crippen LogP contribution in [0.3, 0.4) is 0 Å². The van der Waals surface area contributed by atoms with Gasteiger partial charge in [0, 0.05) is 0 Å². The predicted molar refractivity (Wildman–Crippen MR) is 104 cm³/mol. The molecular formula is C23H28. The highest BCUT2D eigenvalue weighted by Gasteiger charge is 2.24. The standard InChI is InChI=1S/C21H22.C2H6/c1-14(2)21-16(4)20(18-7-5-6-8-19(18)21)13-17-11-9-15(3)10-12-17;1-2/h5-14H,1-4H3;1-2H3. The molecule has 0 saturated heterocycles. The van der Waals surface area contributed by atoms with Crippen molar-refractivity contribution in [2.24, 2.45) is 5.92 Å². The van der Waals surface area contributed by atoms with Gasteiger partial charge >= 0.3 is 0 Å². The zero-order chi connectivity index (χ0) is 17.0. The Labute approximate surface area is 141 Å². The molecule has 1 aliphatic carbocycles. The van der Waals surface area contributed by atoms with E-state index in [-0.39, 0.29) is 0 Å². The van der Waals surface area contributed by atoms with Crippen molar-refractivity contribution >= 4 is 17.2 Å². The summed E-state index contributed by atoms with van der Waals surface area (Å²) >= 11 is 0. The molecule has 0 N–H and O–H groups in total. The molecule has 1 aliphatic rings. The normalized spacial score (nSPS) is 14.8. The lowest BCUT2D eigenvalue weighted by molar-refractivity contribution is 0.853. The molecule has 0 aromatic heterocycles. The van der Waals surface area contributed by atoms with Gasteiger partial charge in [-0.2, -0.15) is 0 Å². The minimum absolute atomic E-state index is 0.551. The van der Waals surface area contributed by atoms with Crippen molar-refractivity contribution in [3.05, 3.63) is 76.4 Å². The van der Waals surface area contributed by atoms with E-state index in [1.807, 2.05) is 13.8 Å². The summed E-state index contributed by atoms with van der Waals surface area (Å²) in [6.45, 7) is 13.0. The highest BCUT2D eigenvalue weighted by molar-refractivity contribution is 6.05. The first-order chi connectivity index (χ1) is 11.1. The number of fused-ring (bicyclic) bond motifs is 1. The summed E-state index contributed by atoms with van der Waals surface area (Å²) in [4.78, 5) is 0. The van der Waals surface area contributed by atoms with Crippen LogP contribution >= 0.6 is 0 Å². The number of hydrogen-bond donors (Lipinski definition) is 0. The van der Waals surface area contributed by atoms with Gasteiger partial charge in [0.05, 0.1) is 0 Å². The lowest BCUT2D eigenvalue weighted by Crippen LogP contribution is -1.92. The minimum Gasteiger partial charge on any atom is -0.0683 e. The molecule has 0 atom stereocenters. The van der Waals surface area contributed by atoms with E-state index in [0.29, 0.717) is 5.92 Å². The van der Waals surface area contributed by atoms with Crippen LogP contribution in [0.15, 0.2) is 54.1 Å². The average Bonchev–Trinajstić information content (AvgIpc) is 2.84. The van der Waals surface area contributed by atoms with Crippen LogP contribution in [0.2, 0.25) is 0 Å². The molecule has 23 heavy (non-hydrogen) atoms. The number of rotatable bonds is 2. The Bertz CT molecular complexity index is 725. The topological polar surface area (TPSA) is 0 Å². The second-order valence-electron chi connectivity index (χ2n) is 6.21. The third-order valence-corrected chi connectivity index (χ3v) is 4.28. The predicted octanol–water partition coefficient (Wildman–Crippen LogP) is 7.00. The molecule has 0 amide bonds. The second kappa shape index (κ2) is 7.46. The molecular weight excluding hydrogens is 276 g/mol. The van der Waals surface area contributed by atoms with Crippen LogP contribution in [0.25, 0.3) is 17.2 Å². The van der Waals surface area contributed by atoms with E-state index in [2.05, 4.69) is 82.3 Å². The molecule has 0 heteroatoms. The largest absolute Gasteiger partial charge is 0.0683 e. The Kier molecular flexibility index (Phi) is 5.60. The first kappa shape index (κ1) is 17.3. The summed E-state index contributed by atoms with van der Waals surface area (Å²) in [5, 5.41) is 0. The van der Waals surface area contributed by atoms with Crippen LogP contribution in [0.1, 0.15) is 56.9 Å². The molecule has 0 spiro atoms. The van der Waals surface area contributed by atoms with Crippen LogP contribution in [0.5, 0.6) is 0 Å². The third kappa shape index (κ3) is 3.47. The minimum atomic E-state index is 0.551.